The van der Waals surface area contributed by atoms with E-state index in [4.69, 9.17) is 26.8 Å². The predicted molar refractivity (Wildman–Crippen MR) is 104 cm³/mol. The van der Waals surface area contributed by atoms with Gasteiger partial charge in [0, 0.05) is 10.7 Å². The van der Waals surface area contributed by atoms with Gasteiger partial charge >= 0.3 is 12.0 Å². The van der Waals surface area contributed by atoms with Crippen LogP contribution < -0.4 is 21.1 Å². The van der Waals surface area contributed by atoms with Crippen LogP contribution in [-0.4, -0.2) is 31.6 Å². The van der Waals surface area contributed by atoms with Gasteiger partial charge in [-0.05, 0) is 35.9 Å². The smallest absolute Gasteiger partial charge is 0.312 e. The van der Waals surface area contributed by atoms with Crippen molar-refractivity contribution in [2.45, 2.75) is 12.5 Å². The summed E-state index contributed by atoms with van der Waals surface area (Å²) >= 11 is 6.11. The average Bonchev–Trinajstić information content (AvgIpc) is 2.66. The highest BCUT2D eigenvalue weighted by atomic mass is 35.5. The van der Waals surface area contributed by atoms with Gasteiger partial charge in [-0.15, -0.1) is 0 Å². The first kappa shape index (κ1) is 21.0. The van der Waals surface area contributed by atoms with Gasteiger partial charge in [0.15, 0.2) is 6.61 Å². The molecule has 2 aromatic rings. The number of halogens is 1. The van der Waals surface area contributed by atoms with E-state index in [0.29, 0.717) is 22.0 Å². The molecule has 4 N–H and O–H groups in total. The molecule has 0 aromatic heterocycles. The number of nitrogens with one attached hydrogen (secondary N) is 2. The van der Waals surface area contributed by atoms with Gasteiger partial charge in [-0.25, -0.2) is 4.79 Å². The van der Waals surface area contributed by atoms with Crippen LogP contribution in [0, 0.1) is 0 Å². The van der Waals surface area contributed by atoms with Gasteiger partial charge in [0.1, 0.15) is 5.75 Å². The van der Waals surface area contributed by atoms with E-state index in [-0.39, 0.29) is 6.42 Å². The fraction of sp³-hybridized carbons (Fsp3) is 0.211. The van der Waals surface area contributed by atoms with Crippen LogP contribution in [0.5, 0.6) is 5.75 Å². The van der Waals surface area contributed by atoms with Gasteiger partial charge in [0.2, 0.25) is 0 Å². The number of primary amides is 1. The number of ether oxygens (including phenoxy) is 2. The summed E-state index contributed by atoms with van der Waals surface area (Å²) in [6.07, 6.45) is -0.234. The number of nitrogens with two attached hydrogens (primary N) is 1. The van der Waals surface area contributed by atoms with E-state index in [9.17, 15) is 14.4 Å². The van der Waals surface area contributed by atoms with Crippen molar-refractivity contribution in [2.75, 3.05) is 19.0 Å². The highest BCUT2D eigenvalue weighted by Gasteiger charge is 2.21. The molecule has 8 nitrogen and oxygen atoms in total. The molecular weight excluding hydrogens is 386 g/mol. The lowest BCUT2D eigenvalue weighted by Gasteiger charge is -2.18. The fourth-order valence-corrected chi connectivity index (χ4v) is 2.68. The van der Waals surface area contributed by atoms with E-state index in [1.54, 1.807) is 48.5 Å². The maximum atomic E-state index is 12.1. The third-order valence-electron chi connectivity index (χ3n) is 3.71. The molecular formula is C19H20ClN3O5. The van der Waals surface area contributed by atoms with Crippen molar-refractivity contribution in [3.05, 3.63) is 59.1 Å². The molecule has 9 heteroatoms. The molecule has 0 radical (unpaired) electrons. The summed E-state index contributed by atoms with van der Waals surface area (Å²) in [6.45, 7) is -0.476. The zero-order chi connectivity index (χ0) is 20.5. The molecule has 1 atom stereocenters. The molecule has 0 aliphatic rings. The number of carbonyl (C=O) groups is 3. The second-order valence-electron chi connectivity index (χ2n) is 5.72. The summed E-state index contributed by atoms with van der Waals surface area (Å²) in [5.74, 6) is -0.545. The summed E-state index contributed by atoms with van der Waals surface area (Å²) in [7, 11) is 1.54. The third kappa shape index (κ3) is 6.48. The lowest BCUT2D eigenvalue weighted by atomic mass is 10.0. The third-order valence-corrected chi connectivity index (χ3v) is 4.05. The molecule has 0 heterocycles. The summed E-state index contributed by atoms with van der Waals surface area (Å²) in [5, 5.41) is 5.41. The maximum absolute atomic E-state index is 12.1. The van der Waals surface area contributed by atoms with E-state index in [0.717, 1.165) is 0 Å². The van der Waals surface area contributed by atoms with Crippen LogP contribution in [0.2, 0.25) is 5.02 Å². The van der Waals surface area contributed by atoms with Crippen LogP contribution in [0.1, 0.15) is 18.0 Å². The molecule has 0 saturated carbocycles. The van der Waals surface area contributed by atoms with Crippen LogP contribution in [0.3, 0.4) is 0 Å². The summed E-state index contributed by atoms with van der Waals surface area (Å²) in [5.41, 5.74) is 6.22. The first-order valence-electron chi connectivity index (χ1n) is 8.29. The lowest BCUT2D eigenvalue weighted by molar-refractivity contribution is -0.147. The van der Waals surface area contributed by atoms with Crippen molar-refractivity contribution in [1.29, 1.82) is 0 Å². The molecule has 0 spiro atoms. The minimum atomic E-state index is -0.810. The van der Waals surface area contributed by atoms with E-state index < -0.39 is 30.6 Å². The fourth-order valence-electron chi connectivity index (χ4n) is 2.41. The summed E-state index contributed by atoms with van der Waals surface area (Å²) < 4.78 is 10.0. The van der Waals surface area contributed by atoms with Gasteiger partial charge < -0.3 is 25.8 Å². The van der Waals surface area contributed by atoms with E-state index in [2.05, 4.69) is 10.6 Å². The quantitative estimate of drug-likeness (QED) is 0.583. The Morgan fingerprint density at radius 1 is 1.11 bits per heavy atom. The molecule has 0 aliphatic carbocycles. The molecule has 3 amide bonds. The number of esters is 1. The Morgan fingerprint density at radius 2 is 1.79 bits per heavy atom. The van der Waals surface area contributed by atoms with Gasteiger partial charge in [-0.3, -0.25) is 9.59 Å². The minimum absolute atomic E-state index is 0.234. The van der Waals surface area contributed by atoms with Crippen molar-refractivity contribution in [1.82, 2.24) is 5.32 Å². The van der Waals surface area contributed by atoms with Gasteiger partial charge in [0.25, 0.3) is 5.91 Å². The number of carbonyl (C=O) groups excluding carboxylic acids is 3. The zero-order valence-corrected chi connectivity index (χ0v) is 15.9. The number of methoxy groups -OCH3 is 1. The van der Waals surface area contributed by atoms with Crippen LogP contribution in [-0.2, 0) is 14.3 Å². The lowest BCUT2D eigenvalue weighted by Crippen LogP contribution is -2.35. The largest absolute Gasteiger partial charge is 0.497 e. The second kappa shape index (κ2) is 10.2. The number of amides is 3. The van der Waals surface area contributed by atoms with Crippen LogP contribution in [0.15, 0.2) is 48.5 Å². The van der Waals surface area contributed by atoms with Crippen LogP contribution in [0.25, 0.3) is 0 Å². The van der Waals surface area contributed by atoms with E-state index in [1.807, 2.05) is 0 Å². The Labute approximate surface area is 166 Å². The number of hydrogen-bond acceptors (Lipinski definition) is 5. The minimum Gasteiger partial charge on any atom is -0.497 e. The van der Waals surface area contributed by atoms with Crippen molar-refractivity contribution in [2.24, 2.45) is 5.73 Å². The van der Waals surface area contributed by atoms with Gasteiger partial charge in [-0.2, -0.15) is 0 Å². The molecule has 2 aromatic carbocycles. The maximum Gasteiger partial charge on any atom is 0.312 e. The van der Waals surface area contributed by atoms with Crippen LogP contribution >= 0.6 is 11.6 Å². The molecule has 148 valence electrons. The first-order valence-corrected chi connectivity index (χ1v) is 8.66. The molecule has 0 aliphatic heterocycles. The van der Waals surface area contributed by atoms with Crippen molar-refractivity contribution >= 4 is 35.2 Å². The van der Waals surface area contributed by atoms with Crippen molar-refractivity contribution in [3.63, 3.8) is 0 Å². The second-order valence-corrected chi connectivity index (χ2v) is 6.13. The molecule has 0 bridgehead atoms. The average molecular weight is 406 g/mol. The monoisotopic (exact) mass is 405 g/mol. The summed E-state index contributed by atoms with van der Waals surface area (Å²) in [6, 6.07) is 11.8. The Bertz CT molecular complexity index is 842. The molecule has 2 rings (SSSR count). The molecule has 28 heavy (non-hydrogen) atoms. The normalized spacial score (nSPS) is 11.2. The number of rotatable bonds is 8. The first-order chi connectivity index (χ1) is 13.4. The van der Waals surface area contributed by atoms with Crippen molar-refractivity contribution in [3.8, 4) is 5.75 Å². The van der Waals surface area contributed by atoms with E-state index >= 15 is 0 Å². The highest BCUT2D eigenvalue weighted by molar-refractivity contribution is 6.31. The van der Waals surface area contributed by atoms with Crippen molar-refractivity contribution < 1.29 is 23.9 Å². The molecule has 0 unspecified atom stereocenters. The Balaban J connectivity index is 1.90. The number of hydrogen-bond donors (Lipinski definition) is 3. The Kier molecular flexibility index (Phi) is 7.65. The van der Waals surface area contributed by atoms with E-state index in [1.165, 1.54) is 7.11 Å². The Morgan fingerprint density at radius 3 is 2.39 bits per heavy atom. The number of urea groups is 1. The van der Waals surface area contributed by atoms with Gasteiger partial charge in [0.05, 0.1) is 19.6 Å². The number of anilines is 1. The zero-order valence-electron chi connectivity index (χ0n) is 15.1. The molecule has 0 saturated heterocycles. The van der Waals surface area contributed by atoms with Crippen LogP contribution in [0.4, 0.5) is 10.5 Å². The highest BCUT2D eigenvalue weighted by Crippen LogP contribution is 2.25. The summed E-state index contributed by atoms with van der Waals surface area (Å²) in [4.78, 5) is 35.3. The standard InChI is InChI=1S/C19H20ClN3O5/c1-27-13-8-6-12(7-9-13)22-17(24)11-28-18(25)10-16(23-19(21)26)14-4-2-3-5-15(14)20/h2-9,16H,10-11H2,1H3,(H,22,24)(H3,21,23,26)/t16-/m1/s1. The SMILES string of the molecule is COc1ccc(NC(=O)COC(=O)C[C@@H](NC(N)=O)c2ccccc2Cl)cc1. The number of benzene rings is 2. The predicted octanol–water partition coefficient (Wildman–Crippen LogP) is 2.63. The molecule has 0 fully saturated rings. The Hall–Kier alpha value is -3.26. The topological polar surface area (TPSA) is 120 Å². The van der Waals surface area contributed by atoms with Gasteiger partial charge in [-0.1, -0.05) is 29.8 Å².